The van der Waals surface area contributed by atoms with Crippen LogP contribution < -0.4 is 20.9 Å². The number of benzene rings is 1. The fourth-order valence-corrected chi connectivity index (χ4v) is 1.54. The quantitative estimate of drug-likeness (QED) is 0.582. The highest BCUT2D eigenvalue weighted by Gasteiger charge is 2.04. The number of rotatable bonds is 4. The third-order valence-electron chi connectivity index (χ3n) is 2.15. The number of hydrazine groups is 1. The number of carbonyl (C=O) groups is 1. The molecule has 7 heteroatoms. The van der Waals surface area contributed by atoms with Crippen LogP contribution in [0.4, 0.5) is 0 Å². The summed E-state index contributed by atoms with van der Waals surface area (Å²) in [5.74, 6) is 0.263. The van der Waals surface area contributed by atoms with Crippen LogP contribution in [0.25, 0.3) is 0 Å². The molecule has 5 nitrogen and oxygen atoms in total. The molecule has 3 N–H and O–H groups in total. The SMILES string of the molecule is CCNC(=S)NNC(=O)COc1ccc(Cl)c(C)c1. The molecule has 0 spiro atoms. The Kier molecular flexibility index (Phi) is 6.38. The Balaban J connectivity index is 2.33. The lowest BCUT2D eigenvalue weighted by molar-refractivity contribution is -0.123. The van der Waals surface area contributed by atoms with Crippen molar-refractivity contribution in [1.29, 1.82) is 0 Å². The maximum atomic E-state index is 11.5. The van der Waals surface area contributed by atoms with Gasteiger partial charge in [0.1, 0.15) is 5.75 Å². The molecule has 0 aliphatic rings. The molecule has 0 heterocycles. The number of ether oxygens (including phenoxy) is 1. The van der Waals surface area contributed by atoms with E-state index in [2.05, 4.69) is 16.2 Å². The fourth-order valence-electron chi connectivity index (χ4n) is 1.22. The van der Waals surface area contributed by atoms with Crippen molar-refractivity contribution in [2.24, 2.45) is 0 Å². The van der Waals surface area contributed by atoms with Crippen molar-refractivity contribution in [2.45, 2.75) is 13.8 Å². The summed E-state index contributed by atoms with van der Waals surface area (Å²) < 4.78 is 5.32. The van der Waals surface area contributed by atoms with Gasteiger partial charge in [-0.1, -0.05) is 11.6 Å². The molecule has 0 fully saturated rings. The molecule has 0 saturated carbocycles. The van der Waals surface area contributed by atoms with E-state index in [-0.39, 0.29) is 12.5 Å². The van der Waals surface area contributed by atoms with E-state index in [0.29, 0.717) is 22.4 Å². The molecule has 19 heavy (non-hydrogen) atoms. The lowest BCUT2D eigenvalue weighted by Crippen LogP contribution is -2.48. The van der Waals surface area contributed by atoms with Crippen LogP contribution in [0.2, 0.25) is 5.02 Å². The van der Waals surface area contributed by atoms with Gasteiger partial charge in [0.25, 0.3) is 5.91 Å². The van der Waals surface area contributed by atoms with Gasteiger partial charge in [-0.3, -0.25) is 15.6 Å². The molecular weight excluding hydrogens is 286 g/mol. The number of hydrogen-bond donors (Lipinski definition) is 3. The summed E-state index contributed by atoms with van der Waals surface area (Å²) in [6, 6.07) is 5.20. The Morgan fingerprint density at radius 2 is 2.16 bits per heavy atom. The summed E-state index contributed by atoms with van der Waals surface area (Å²) in [7, 11) is 0. The van der Waals surface area contributed by atoms with Gasteiger partial charge in [-0.2, -0.15) is 0 Å². The van der Waals surface area contributed by atoms with Crippen molar-refractivity contribution in [3.63, 3.8) is 0 Å². The fraction of sp³-hybridized carbons (Fsp3) is 0.333. The molecule has 0 atom stereocenters. The van der Waals surface area contributed by atoms with Gasteiger partial charge in [0.2, 0.25) is 0 Å². The third kappa shape index (κ3) is 5.76. The summed E-state index contributed by atoms with van der Waals surface area (Å²) in [6.07, 6.45) is 0. The Morgan fingerprint density at radius 3 is 2.79 bits per heavy atom. The van der Waals surface area contributed by atoms with Crippen molar-refractivity contribution >= 4 is 34.8 Å². The van der Waals surface area contributed by atoms with E-state index in [4.69, 9.17) is 28.6 Å². The van der Waals surface area contributed by atoms with E-state index in [1.165, 1.54) is 0 Å². The van der Waals surface area contributed by atoms with Crippen LogP contribution in [0.15, 0.2) is 18.2 Å². The molecule has 0 saturated heterocycles. The maximum absolute atomic E-state index is 11.5. The van der Waals surface area contributed by atoms with Gasteiger partial charge in [-0.15, -0.1) is 0 Å². The van der Waals surface area contributed by atoms with E-state index >= 15 is 0 Å². The van der Waals surface area contributed by atoms with Gasteiger partial charge in [0.15, 0.2) is 11.7 Å². The zero-order valence-corrected chi connectivity index (χ0v) is 12.3. The first kappa shape index (κ1) is 15.5. The summed E-state index contributed by atoms with van der Waals surface area (Å²) in [6.45, 7) is 4.35. The number of carbonyl (C=O) groups excluding carboxylic acids is 1. The van der Waals surface area contributed by atoms with Crippen LogP contribution in [0.1, 0.15) is 12.5 Å². The first-order chi connectivity index (χ1) is 9.02. The highest BCUT2D eigenvalue weighted by molar-refractivity contribution is 7.80. The molecule has 1 aromatic carbocycles. The Bertz CT molecular complexity index is 468. The predicted molar refractivity (Wildman–Crippen MR) is 79.2 cm³/mol. The van der Waals surface area contributed by atoms with Crippen LogP contribution in [0, 0.1) is 6.92 Å². The van der Waals surface area contributed by atoms with Crippen LogP contribution in [-0.2, 0) is 4.79 Å². The molecule has 0 radical (unpaired) electrons. The Labute approximate surface area is 122 Å². The minimum Gasteiger partial charge on any atom is -0.484 e. The molecule has 0 bridgehead atoms. The van der Waals surface area contributed by atoms with Crippen LogP contribution in [0.5, 0.6) is 5.75 Å². The second-order valence-corrected chi connectivity index (χ2v) is 4.55. The zero-order valence-electron chi connectivity index (χ0n) is 10.7. The third-order valence-corrected chi connectivity index (χ3v) is 2.82. The molecule has 1 rings (SSSR count). The Morgan fingerprint density at radius 1 is 1.42 bits per heavy atom. The first-order valence-electron chi connectivity index (χ1n) is 5.74. The monoisotopic (exact) mass is 301 g/mol. The largest absolute Gasteiger partial charge is 0.484 e. The van der Waals surface area contributed by atoms with Crippen molar-refractivity contribution in [1.82, 2.24) is 16.2 Å². The van der Waals surface area contributed by atoms with Crippen LogP contribution >= 0.6 is 23.8 Å². The maximum Gasteiger partial charge on any atom is 0.276 e. The molecule has 0 aliphatic carbocycles. The predicted octanol–water partition coefficient (Wildman–Crippen LogP) is 1.54. The summed E-state index contributed by atoms with van der Waals surface area (Å²) >= 11 is 10.8. The smallest absolute Gasteiger partial charge is 0.276 e. The lowest BCUT2D eigenvalue weighted by Gasteiger charge is -2.11. The van der Waals surface area contributed by atoms with E-state index in [0.717, 1.165) is 5.56 Å². The Hall–Kier alpha value is -1.53. The summed E-state index contributed by atoms with van der Waals surface area (Å²) in [4.78, 5) is 11.5. The molecule has 0 unspecified atom stereocenters. The van der Waals surface area contributed by atoms with Crippen molar-refractivity contribution in [2.75, 3.05) is 13.2 Å². The van der Waals surface area contributed by atoms with Gasteiger partial charge in [0, 0.05) is 11.6 Å². The number of hydrogen-bond acceptors (Lipinski definition) is 3. The highest BCUT2D eigenvalue weighted by atomic mass is 35.5. The highest BCUT2D eigenvalue weighted by Crippen LogP contribution is 2.20. The average Bonchev–Trinajstić information content (AvgIpc) is 2.38. The summed E-state index contributed by atoms with van der Waals surface area (Å²) in [5, 5.41) is 3.86. The van der Waals surface area contributed by atoms with Crippen LogP contribution in [-0.4, -0.2) is 24.2 Å². The van der Waals surface area contributed by atoms with E-state index < -0.39 is 0 Å². The molecule has 0 aliphatic heterocycles. The van der Waals surface area contributed by atoms with Gasteiger partial charge >= 0.3 is 0 Å². The normalized spacial score (nSPS) is 9.63. The minimum atomic E-state index is -0.326. The lowest BCUT2D eigenvalue weighted by atomic mass is 10.2. The number of aryl methyl sites for hydroxylation is 1. The molecule has 0 aromatic heterocycles. The second kappa shape index (κ2) is 7.81. The average molecular weight is 302 g/mol. The standard InChI is InChI=1S/C12H16ClN3O2S/c1-3-14-12(19)16-15-11(17)7-18-9-4-5-10(13)8(2)6-9/h4-6H,3,7H2,1-2H3,(H,15,17)(H2,14,16,19). The van der Waals surface area contributed by atoms with Gasteiger partial charge in [-0.25, -0.2) is 0 Å². The van der Waals surface area contributed by atoms with E-state index in [9.17, 15) is 4.79 Å². The van der Waals surface area contributed by atoms with Gasteiger partial charge in [-0.05, 0) is 49.8 Å². The summed E-state index contributed by atoms with van der Waals surface area (Å²) in [5.41, 5.74) is 5.87. The van der Waals surface area contributed by atoms with E-state index in [1.807, 2.05) is 13.8 Å². The van der Waals surface area contributed by atoms with Crippen molar-refractivity contribution < 1.29 is 9.53 Å². The number of thiocarbonyl (C=S) groups is 1. The van der Waals surface area contributed by atoms with Crippen LogP contribution in [0.3, 0.4) is 0 Å². The van der Waals surface area contributed by atoms with E-state index in [1.54, 1.807) is 18.2 Å². The topological polar surface area (TPSA) is 62.4 Å². The van der Waals surface area contributed by atoms with Crippen molar-refractivity contribution in [3.05, 3.63) is 28.8 Å². The number of amides is 1. The zero-order chi connectivity index (χ0) is 14.3. The molecule has 1 aromatic rings. The van der Waals surface area contributed by atoms with Gasteiger partial charge in [0.05, 0.1) is 0 Å². The molecule has 104 valence electrons. The van der Waals surface area contributed by atoms with Crippen molar-refractivity contribution in [3.8, 4) is 5.75 Å². The number of halogens is 1. The molecular formula is C12H16ClN3O2S. The minimum absolute atomic E-state index is 0.108. The number of nitrogens with one attached hydrogen (secondary N) is 3. The molecule has 1 amide bonds. The first-order valence-corrected chi connectivity index (χ1v) is 6.53. The van der Waals surface area contributed by atoms with Gasteiger partial charge < -0.3 is 10.1 Å². The second-order valence-electron chi connectivity index (χ2n) is 3.73.